The van der Waals surface area contributed by atoms with E-state index in [0.717, 1.165) is 38.4 Å². The number of benzene rings is 2. The van der Waals surface area contributed by atoms with E-state index in [1.165, 1.54) is 11.3 Å². The lowest BCUT2D eigenvalue weighted by Gasteiger charge is -2.22. The number of carbonyl (C=O) groups excluding carboxylic acids is 1. The quantitative estimate of drug-likeness (QED) is 0.904. The molecule has 5 nitrogen and oxygen atoms in total. The molecule has 0 aromatic heterocycles. The van der Waals surface area contributed by atoms with Crippen LogP contribution in [0.15, 0.2) is 54.6 Å². The SMILES string of the molecule is CN(C)c1ccc(CN2CC3CN(C(=O)Nc4ccccc4)CC3C2)cc1. The number of amides is 2. The molecule has 2 heterocycles. The number of anilines is 2. The van der Waals surface area contributed by atoms with Gasteiger partial charge < -0.3 is 15.1 Å². The van der Waals surface area contributed by atoms with Crippen LogP contribution in [-0.4, -0.2) is 56.1 Å². The summed E-state index contributed by atoms with van der Waals surface area (Å²) in [5, 5.41) is 3.01. The summed E-state index contributed by atoms with van der Waals surface area (Å²) in [5.41, 5.74) is 3.46. The summed E-state index contributed by atoms with van der Waals surface area (Å²) in [4.78, 5) is 19.1. The van der Waals surface area contributed by atoms with Crippen LogP contribution in [0.4, 0.5) is 16.2 Å². The standard InChI is InChI=1S/C22H28N4O/c1-24(2)21-10-8-17(9-11-21)12-25-13-18-15-26(16-19(18)14-25)22(27)23-20-6-4-3-5-7-20/h3-11,18-19H,12-16H2,1-2H3,(H,23,27). The Kier molecular flexibility index (Phi) is 5.03. The second kappa shape index (κ2) is 7.61. The Hall–Kier alpha value is -2.53. The highest BCUT2D eigenvalue weighted by atomic mass is 16.2. The lowest BCUT2D eigenvalue weighted by molar-refractivity contribution is 0.212. The smallest absolute Gasteiger partial charge is 0.321 e. The number of hydrogen-bond acceptors (Lipinski definition) is 3. The molecule has 0 radical (unpaired) electrons. The lowest BCUT2D eigenvalue weighted by atomic mass is 10.0. The fourth-order valence-corrected chi connectivity index (χ4v) is 4.27. The topological polar surface area (TPSA) is 38.8 Å². The number of carbonyl (C=O) groups is 1. The van der Waals surface area contributed by atoms with Crippen LogP contribution in [0.3, 0.4) is 0 Å². The zero-order chi connectivity index (χ0) is 18.8. The van der Waals surface area contributed by atoms with Crippen LogP contribution >= 0.6 is 0 Å². The van der Waals surface area contributed by atoms with Gasteiger partial charge in [-0.1, -0.05) is 30.3 Å². The maximum Gasteiger partial charge on any atom is 0.321 e. The first-order valence-electron chi connectivity index (χ1n) is 9.68. The Morgan fingerprint density at radius 3 is 2.19 bits per heavy atom. The van der Waals surface area contributed by atoms with Gasteiger partial charge in [0, 0.05) is 58.2 Å². The third-order valence-electron chi connectivity index (χ3n) is 5.73. The maximum atomic E-state index is 12.5. The largest absolute Gasteiger partial charge is 0.378 e. The number of rotatable bonds is 4. The molecule has 2 aromatic carbocycles. The van der Waals surface area contributed by atoms with E-state index >= 15 is 0 Å². The summed E-state index contributed by atoms with van der Waals surface area (Å²) in [6.07, 6.45) is 0. The third kappa shape index (κ3) is 4.08. The molecule has 2 unspecified atom stereocenters. The number of nitrogens with one attached hydrogen (secondary N) is 1. The molecular weight excluding hydrogens is 336 g/mol. The summed E-state index contributed by atoms with van der Waals surface area (Å²) in [6, 6.07) is 18.5. The first-order valence-corrected chi connectivity index (χ1v) is 9.68. The van der Waals surface area contributed by atoms with Crippen LogP contribution in [0, 0.1) is 11.8 Å². The van der Waals surface area contributed by atoms with Crippen molar-refractivity contribution in [2.75, 3.05) is 50.5 Å². The highest BCUT2D eigenvalue weighted by molar-refractivity contribution is 5.89. The second-order valence-corrected chi connectivity index (χ2v) is 7.98. The van der Waals surface area contributed by atoms with Gasteiger partial charge in [-0.15, -0.1) is 0 Å². The molecule has 2 amide bonds. The van der Waals surface area contributed by atoms with Crippen LogP contribution in [0.1, 0.15) is 5.56 Å². The Balaban J connectivity index is 1.28. The van der Waals surface area contributed by atoms with Gasteiger partial charge in [0.25, 0.3) is 0 Å². The molecule has 2 atom stereocenters. The van der Waals surface area contributed by atoms with Crippen molar-refractivity contribution in [3.8, 4) is 0 Å². The first kappa shape index (κ1) is 17.9. The van der Waals surface area contributed by atoms with Crippen LogP contribution in [0.5, 0.6) is 0 Å². The van der Waals surface area contributed by atoms with E-state index in [4.69, 9.17) is 0 Å². The van der Waals surface area contributed by atoms with Gasteiger partial charge >= 0.3 is 6.03 Å². The average molecular weight is 364 g/mol. The molecule has 142 valence electrons. The molecule has 2 aliphatic heterocycles. The minimum atomic E-state index is 0.0291. The number of urea groups is 1. The predicted octanol–water partition coefficient (Wildman–Crippen LogP) is 3.35. The molecular formula is C22H28N4O. The number of fused-ring (bicyclic) bond motifs is 1. The highest BCUT2D eigenvalue weighted by Crippen LogP contribution is 2.32. The zero-order valence-electron chi connectivity index (χ0n) is 16.1. The molecule has 0 saturated carbocycles. The second-order valence-electron chi connectivity index (χ2n) is 7.98. The van der Waals surface area contributed by atoms with Gasteiger partial charge in [0.05, 0.1) is 0 Å². The Morgan fingerprint density at radius 2 is 1.59 bits per heavy atom. The molecule has 2 aliphatic rings. The van der Waals surface area contributed by atoms with Crippen LogP contribution in [0.2, 0.25) is 0 Å². The lowest BCUT2D eigenvalue weighted by Crippen LogP contribution is -2.36. The van der Waals surface area contributed by atoms with E-state index in [9.17, 15) is 4.79 Å². The summed E-state index contributed by atoms with van der Waals surface area (Å²) >= 11 is 0. The van der Waals surface area contributed by atoms with E-state index in [1.54, 1.807) is 0 Å². The first-order chi connectivity index (χ1) is 13.1. The Morgan fingerprint density at radius 1 is 0.963 bits per heavy atom. The van der Waals surface area contributed by atoms with E-state index in [1.807, 2.05) is 35.2 Å². The molecule has 2 aromatic rings. The molecule has 5 heteroatoms. The van der Waals surface area contributed by atoms with Crippen molar-refractivity contribution >= 4 is 17.4 Å². The molecule has 0 spiro atoms. The van der Waals surface area contributed by atoms with Crippen molar-refractivity contribution in [3.63, 3.8) is 0 Å². The van der Waals surface area contributed by atoms with Gasteiger partial charge in [-0.25, -0.2) is 4.79 Å². The minimum absolute atomic E-state index is 0.0291. The summed E-state index contributed by atoms with van der Waals surface area (Å²) in [5.74, 6) is 1.18. The van der Waals surface area contributed by atoms with E-state index in [-0.39, 0.29) is 6.03 Å². The molecule has 0 bridgehead atoms. The van der Waals surface area contributed by atoms with Crippen molar-refractivity contribution in [1.82, 2.24) is 9.80 Å². The third-order valence-corrected chi connectivity index (χ3v) is 5.73. The van der Waals surface area contributed by atoms with E-state index in [0.29, 0.717) is 11.8 Å². The molecule has 1 N–H and O–H groups in total. The van der Waals surface area contributed by atoms with Crippen molar-refractivity contribution < 1.29 is 4.79 Å². The Bertz CT molecular complexity index is 761. The normalized spacial score (nSPS) is 21.9. The fourth-order valence-electron chi connectivity index (χ4n) is 4.27. The zero-order valence-corrected chi connectivity index (χ0v) is 16.1. The van der Waals surface area contributed by atoms with Gasteiger partial charge in [0.15, 0.2) is 0 Å². The van der Waals surface area contributed by atoms with Crippen molar-refractivity contribution in [3.05, 3.63) is 60.2 Å². The van der Waals surface area contributed by atoms with Gasteiger partial charge in [0.1, 0.15) is 0 Å². The van der Waals surface area contributed by atoms with Crippen LogP contribution < -0.4 is 10.2 Å². The molecule has 4 rings (SSSR count). The number of hydrogen-bond donors (Lipinski definition) is 1. The molecule has 2 fully saturated rings. The molecule has 0 aliphatic carbocycles. The van der Waals surface area contributed by atoms with Crippen molar-refractivity contribution in [2.45, 2.75) is 6.54 Å². The number of nitrogens with zero attached hydrogens (tertiary/aromatic N) is 3. The van der Waals surface area contributed by atoms with Gasteiger partial charge in [-0.2, -0.15) is 0 Å². The molecule has 2 saturated heterocycles. The van der Waals surface area contributed by atoms with E-state index < -0.39 is 0 Å². The number of likely N-dealkylation sites (tertiary alicyclic amines) is 2. The predicted molar refractivity (Wildman–Crippen MR) is 110 cm³/mol. The average Bonchev–Trinajstić information content (AvgIpc) is 3.21. The fraction of sp³-hybridized carbons (Fsp3) is 0.409. The Labute approximate surface area is 161 Å². The van der Waals surface area contributed by atoms with Crippen molar-refractivity contribution in [2.24, 2.45) is 11.8 Å². The van der Waals surface area contributed by atoms with Crippen molar-refractivity contribution in [1.29, 1.82) is 0 Å². The minimum Gasteiger partial charge on any atom is -0.378 e. The maximum absolute atomic E-state index is 12.5. The highest BCUT2D eigenvalue weighted by Gasteiger charge is 2.41. The molecule has 27 heavy (non-hydrogen) atoms. The van der Waals surface area contributed by atoms with Gasteiger partial charge in [-0.3, -0.25) is 4.90 Å². The van der Waals surface area contributed by atoms with Crippen LogP contribution in [0.25, 0.3) is 0 Å². The number of para-hydroxylation sites is 1. The van der Waals surface area contributed by atoms with Gasteiger partial charge in [-0.05, 0) is 41.7 Å². The summed E-state index contributed by atoms with van der Waals surface area (Å²) < 4.78 is 0. The summed E-state index contributed by atoms with van der Waals surface area (Å²) in [6.45, 7) is 4.88. The van der Waals surface area contributed by atoms with E-state index in [2.05, 4.69) is 53.5 Å². The van der Waals surface area contributed by atoms with Crippen LogP contribution in [-0.2, 0) is 6.54 Å². The summed E-state index contributed by atoms with van der Waals surface area (Å²) in [7, 11) is 4.13. The van der Waals surface area contributed by atoms with Gasteiger partial charge in [0.2, 0.25) is 0 Å². The monoisotopic (exact) mass is 364 g/mol.